The van der Waals surface area contributed by atoms with Crippen molar-refractivity contribution >= 4 is 11.8 Å². The number of ether oxygens (including phenoxy) is 2. The van der Waals surface area contributed by atoms with Crippen LogP contribution in [-0.4, -0.2) is 17.4 Å². The average molecular weight is 344 g/mol. The number of ketones is 1. The molecule has 4 heteroatoms. The third-order valence-electron chi connectivity index (χ3n) is 4.35. The second-order valence-electron chi connectivity index (χ2n) is 6.04. The van der Waals surface area contributed by atoms with E-state index in [-0.39, 0.29) is 0 Å². The molecule has 1 unspecified atom stereocenters. The highest BCUT2D eigenvalue weighted by Gasteiger charge is 2.70. The maximum Gasteiger partial charge on any atom is 0.355 e. The molecule has 0 spiro atoms. The first-order valence-corrected chi connectivity index (χ1v) is 8.32. The summed E-state index contributed by atoms with van der Waals surface area (Å²) in [7, 11) is 0. The maximum atomic E-state index is 13.1. The van der Waals surface area contributed by atoms with E-state index in [1.807, 2.05) is 42.5 Å². The Morgan fingerprint density at radius 1 is 0.769 bits per heavy atom. The smallest absolute Gasteiger partial charge is 0.355 e. The molecular weight excluding hydrogens is 328 g/mol. The second-order valence-corrected chi connectivity index (χ2v) is 6.04. The molecule has 1 heterocycles. The Bertz CT molecular complexity index is 922. The Kier molecular flexibility index (Phi) is 4.11. The van der Waals surface area contributed by atoms with Gasteiger partial charge in [-0.05, 0) is 17.7 Å². The summed E-state index contributed by atoms with van der Waals surface area (Å²) in [6.07, 6.45) is -0.660. The number of carbonyl (C=O) groups excluding carboxylic acids is 2. The Labute approximate surface area is 151 Å². The lowest BCUT2D eigenvalue weighted by molar-refractivity contribution is -0.138. The molecule has 0 bridgehead atoms. The Hall–Kier alpha value is -3.24. The van der Waals surface area contributed by atoms with Gasteiger partial charge in [-0.1, -0.05) is 78.9 Å². The van der Waals surface area contributed by atoms with Crippen LogP contribution in [0.1, 0.15) is 22.0 Å². The number of carbonyl (C=O) groups is 2. The maximum absolute atomic E-state index is 13.1. The standard InChI is InChI=1S/C22H16O4/c23-19(16-10-4-1-5-11-16)22(20(26-22)17-12-6-2-7-13-17)21(24)25-18-14-8-3-9-15-18/h1-15,20H/t20-,22?/m0/s1. The zero-order chi connectivity index (χ0) is 18.0. The molecule has 0 aromatic heterocycles. The molecule has 0 saturated carbocycles. The largest absolute Gasteiger partial charge is 0.424 e. The second kappa shape index (κ2) is 6.58. The van der Waals surface area contributed by atoms with Gasteiger partial charge in [0.15, 0.2) is 0 Å². The number of benzene rings is 3. The average Bonchev–Trinajstić information content (AvgIpc) is 3.47. The molecule has 1 saturated heterocycles. The van der Waals surface area contributed by atoms with Gasteiger partial charge in [-0.3, -0.25) is 4.79 Å². The van der Waals surface area contributed by atoms with Gasteiger partial charge in [0.1, 0.15) is 11.9 Å². The van der Waals surface area contributed by atoms with Crippen molar-refractivity contribution in [2.45, 2.75) is 11.7 Å². The van der Waals surface area contributed by atoms with Crippen LogP contribution in [-0.2, 0) is 9.53 Å². The van der Waals surface area contributed by atoms with Gasteiger partial charge >= 0.3 is 5.97 Å². The van der Waals surface area contributed by atoms with Crippen LogP contribution in [0.15, 0.2) is 91.0 Å². The highest BCUT2D eigenvalue weighted by molar-refractivity contribution is 6.18. The van der Waals surface area contributed by atoms with Gasteiger partial charge in [-0.2, -0.15) is 0 Å². The van der Waals surface area contributed by atoms with Crippen LogP contribution in [0.25, 0.3) is 0 Å². The number of esters is 1. The summed E-state index contributed by atoms with van der Waals surface area (Å²) in [5.41, 5.74) is -0.476. The molecule has 1 aliphatic heterocycles. The molecule has 3 aromatic carbocycles. The first-order valence-electron chi connectivity index (χ1n) is 8.32. The molecule has 0 aliphatic carbocycles. The van der Waals surface area contributed by atoms with Gasteiger partial charge in [-0.15, -0.1) is 0 Å². The van der Waals surface area contributed by atoms with E-state index in [2.05, 4.69) is 0 Å². The minimum Gasteiger partial charge on any atom is -0.424 e. The van der Waals surface area contributed by atoms with Crippen molar-refractivity contribution in [3.8, 4) is 5.75 Å². The van der Waals surface area contributed by atoms with Crippen LogP contribution in [0.2, 0.25) is 0 Å². The van der Waals surface area contributed by atoms with Crippen molar-refractivity contribution in [3.63, 3.8) is 0 Å². The van der Waals surface area contributed by atoms with Crippen LogP contribution in [0.3, 0.4) is 0 Å². The summed E-state index contributed by atoms with van der Waals surface area (Å²) in [6.45, 7) is 0. The lowest BCUT2D eigenvalue weighted by atomic mass is 9.91. The summed E-state index contributed by atoms with van der Waals surface area (Å²) in [4.78, 5) is 26.0. The van der Waals surface area contributed by atoms with Crippen molar-refractivity contribution in [3.05, 3.63) is 102 Å². The molecule has 4 rings (SSSR count). The van der Waals surface area contributed by atoms with Crippen molar-refractivity contribution in [1.29, 1.82) is 0 Å². The van der Waals surface area contributed by atoms with Crippen molar-refractivity contribution in [2.75, 3.05) is 0 Å². The van der Waals surface area contributed by atoms with Gasteiger partial charge in [0.25, 0.3) is 5.60 Å². The number of para-hydroxylation sites is 1. The predicted octanol–water partition coefficient (Wildman–Crippen LogP) is 3.99. The van der Waals surface area contributed by atoms with E-state index in [1.54, 1.807) is 48.5 Å². The summed E-state index contributed by atoms with van der Waals surface area (Å²) in [6, 6.07) is 26.6. The number of Topliss-reactive ketones (excluding diaryl/α,β-unsaturated/α-hetero) is 1. The first-order chi connectivity index (χ1) is 12.7. The number of hydrogen-bond donors (Lipinski definition) is 0. The van der Waals surface area contributed by atoms with Crippen molar-refractivity contribution < 1.29 is 19.1 Å². The molecule has 0 amide bonds. The van der Waals surface area contributed by atoms with E-state index < -0.39 is 23.5 Å². The van der Waals surface area contributed by atoms with Gasteiger partial charge in [0.05, 0.1) is 0 Å². The van der Waals surface area contributed by atoms with Crippen LogP contribution >= 0.6 is 0 Å². The Balaban J connectivity index is 1.69. The van der Waals surface area contributed by atoms with Gasteiger partial charge < -0.3 is 9.47 Å². The molecular formula is C22H16O4. The van der Waals surface area contributed by atoms with Crippen molar-refractivity contribution in [2.24, 2.45) is 0 Å². The number of hydrogen-bond acceptors (Lipinski definition) is 4. The molecule has 0 N–H and O–H groups in total. The number of rotatable bonds is 5. The molecule has 0 radical (unpaired) electrons. The fourth-order valence-corrected chi connectivity index (χ4v) is 2.98. The minimum atomic E-state index is -1.65. The van der Waals surface area contributed by atoms with Crippen molar-refractivity contribution in [1.82, 2.24) is 0 Å². The summed E-state index contributed by atoms with van der Waals surface area (Å²) < 4.78 is 11.2. The lowest BCUT2D eigenvalue weighted by Gasteiger charge is -2.12. The first kappa shape index (κ1) is 16.2. The fraction of sp³-hybridized carbons (Fsp3) is 0.0909. The minimum absolute atomic E-state index is 0.375. The summed E-state index contributed by atoms with van der Waals surface area (Å²) in [5.74, 6) is -0.723. The third-order valence-corrected chi connectivity index (χ3v) is 4.35. The zero-order valence-corrected chi connectivity index (χ0v) is 13.9. The van der Waals surface area contributed by atoms with Crippen LogP contribution in [0.5, 0.6) is 5.75 Å². The van der Waals surface area contributed by atoms with E-state index in [4.69, 9.17) is 9.47 Å². The van der Waals surface area contributed by atoms with Crippen LogP contribution in [0, 0.1) is 0 Å². The van der Waals surface area contributed by atoms with E-state index in [9.17, 15) is 9.59 Å². The topological polar surface area (TPSA) is 55.9 Å². The normalized spacial score (nSPS) is 21.0. The van der Waals surface area contributed by atoms with Crippen LogP contribution < -0.4 is 4.74 Å². The van der Waals surface area contributed by atoms with E-state index >= 15 is 0 Å². The Morgan fingerprint density at radius 3 is 1.92 bits per heavy atom. The molecule has 4 nitrogen and oxygen atoms in total. The quantitative estimate of drug-likeness (QED) is 0.231. The van der Waals surface area contributed by atoms with Gasteiger partial charge in [0.2, 0.25) is 5.78 Å². The molecule has 3 aromatic rings. The van der Waals surface area contributed by atoms with Gasteiger partial charge in [0, 0.05) is 5.56 Å². The van der Waals surface area contributed by atoms with E-state index in [0.717, 1.165) is 5.56 Å². The third kappa shape index (κ3) is 2.80. The molecule has 1 aliphatic rings. The van der Waals surface area contributed by atoms with Crippen LogP contribution in [0.4, 0.5) is 0 Å². The molecule has 128 valence electrons. The molecule has 26 heavy (non-hydrogen) atoms. The van der Waals surface area contributed by atoms with E-state index in [1.165, 1.54) is 0 Å². The lowest BCUT2D eigenvalue weighted by Crippen LogP contribution is -2.38. The molecule has 2 atom stereocenters. The highest BCUT2D eigenvalue weighted by atomic mass is 16.7. The summed E-state index contributed by atoms with van der Waals surface area (Å²) in [5, 5.41) is 0. The molecule has 1 fully saturated rings. The fourth-order valence-electron chi connectivity index (χ4n) is 2.98. The van der Waals surface area contributed by atoms with Gasteiger partial charge in [-0.25, -0.2) is 4.79 Å². The zero-order valence-electron chi connectivity index (χ0n) is 13.9. The SMILES string of the molecule is O=C(Oc1ccccc1)C1(C(=O)c2ccccc2)O[C@H]1c1ccccc1. The number of epoxide rings is 1. The monoisotopic (exact) mass is 344 g/mol. The summed E-state index contributed by atoms with van der Waals surface area (Å²) >= 11 is 0. The van der Waals surface area contributed by atoms with E-state index in [0.29, 0.717) is 11.3 Å². The predicted molar refractivity (Wildman–Crippen MR) is 95.8 cm³/mol. The Morgan fingerprint density at radius 2 is 1.31 bits per heavy atom. The highest BCUT2D eigenvalue weighted by Crippen LogP contribution is 2.52.